The number of hydrogen-bond donors (Lipinski definition) is 0. The first-order valence-corrected chi connectivity index (χ1v) is 12.0. The molecular weight excluding hydrogens is 438 g/mol. The van der Waals surface area contributed by atoms with E-state index >= 15 is 0 Å². The van der Waals surface area contributed by atoms with E-state index in [-0.39, 0.29) is 18.6 Å². The largest absolute Gasteiger partial charge is 0.497 e. The summed E-state index contributed by atoms with van der Waals surface area (Å²) in [5.74, 6) is 1.43. The lowest BCUT2D eigenvalue weighted by molar-refractivity contribution is -0.134. The average molecular weight is 468 g/mol. The van der Waals surface area contributed by atoms with Crippen molar-refractivity contribution in [1.29, 1.82) is 0 Å². The predicted octanol–water partition coefficient (Wildman–Crippen LogP) is 5.47. The number of rotatable bonds is 7. The first kappa shape index (κ1) is 22.7. The summed E-state index contributed by atoms with van der Waals surface area (Å²) < 4.78 is 13.0. The van der Waals surface area contributed by atoms with Gasteiger partial charge >= 0.3 is 0 Å². The Bertz CT molecular complexity index is 1250. The Hall–Kier alpha value is -4.06. The van der Waals surface area contributed by atoms with Crippen LogP contribution in [0, 0.1) is 0 Å². The molecule has 0 atom stereocenters. The summed E-state index contributed by atoms with van der Waals surface area (Å²) in [6.07, 6.45) is 1.70. The fourth-order valence-electron chi connectivity index (χ4n) is 4.52. The van der Waals surface area contributed by atoms with Crippen molar-refractivity contribution >= 4 is 5.91 Å². The summed E-state index contributed by atoms with van der Waals surface area (Å²) in [4.78, 5) is 14.7. The smallest absolute Gasteiger partial charge is 0.260 e. The summed E-state index contributed by atoms with van der Waals surface area (Å²) in [5.41, 5.74) is 4.33. The first-order valence-electron chi connectivity index (χ1n) is 12.0. The topological polar surface area (TPSA) is 56.6 Å². The Labute approximate surface area is 205 Å². The Kier molecular flexibility index (Phi) is 6.80. The number of benzene rings is 3. The number of aromatic nitrogens is 2. The molecule has 3 aromatic carbocycles. The molecule has 0 saturated carbocycles. The van der Waals surface area contributed by atoms with Crippen molar-refractivity contribution in [3.63, 3.8) is 0 Å². The minimum Gasteiger partial charge on any atom is -0.497 e. The molecule has 5 rings (SSSR count). The molecule has 1 aliphatic rings. The van der Waals surface area contributed by atoms with Gasteiger partial charge in [0.1, 0.15) is 11.5 Å². The van der Waals surface area contributed by atoms with Crippen LogP contribution in [0.2, 0.25) is 0 Å². The molecule has 0 N–H and O–H groups in total. The molecule has 1 aromatic heterocycles. The minimum atomic E-state index is 0.00740. The van der Waals surface area contributed by atoms with Gasteiger partial charge in [0.05, 0.1) is 24.5 Å². The summed E-state index contributed by atoms with van der Waals surface area (Å²) in [6.45, 7) is 1.40. The molecule has 4 aromatic rings. The first-order chi connectivity index (χ1) is 17.2. The van der Waals surface area contributed by atoms with Crippen LogP contribution >= 0.6 is 0 Å². The number of hydrogen-bond acceptors (Lipinski definition) is 4. The van der Waals surface area contributed by atoms with Gasteiger partial charge in [-0.3, -0.25) is 9.48 Å². The highest BCUT2D eigenvalue weighted by atomic mass is 16.5. The third kappa shape index (κ3) is 5.22. The lowest BCUT2D eigenvalue weighted by Gasteiger charge is -2.32. The van der Waals surface area contributed by atoms with Gasteiger partial charge in [-0.2, -0.15) is 5.10 Å². The standard InChI is InChI=1S/C29H29N3O3/c1-34-25-12-14-26(15-13-25)35-21-29(33)31-18-16-24(17-19-31)32-28(23-10-6-3-7-11-23)20-27(30-32)22-8-4-2-5-9-22/h2-15,20,24H,16-19,21H2,1H3. The number of carbonyl (C=O) groups excluding carboxylic acids is 1. The molecule has 2 heterocycles. The summed E-state index contributed by atoms with van der Waals surface area (Å²) in [5, 5.41) is 5.02. The van der Waals surface area contributed by atoms with Gasteiger partial charge in [-0.1, -0.05) is 60.7 Å². The monoisotopic (exact) mass is 467 g/mol. The van der Waals surface area contributed by atoms with E-state index in [0.717, 1.165) is 41.1 Å². The van der Waals surface area contributed by atoms with Crippen molar-refractivity contribution in [3.05, 3.63) is 91.0 Å². The van der Waals surface area contributed by atoms with Crippen molar-refractivity contribution in [2.24, 2.45) is 0 Å². The minimum absolute atomic E-state index is 0.00740. The second-order valence-corrected chi connectivity index (χ2v) is 8.67. The van der Waals surface area contributed by atoms with Crippen LogP contribution in [0.1, 0.15) is 18.9 Å². The molecule has 0 aliphatic carbocycles. The number of methoxy groups -OCH3 is 1. The second kappa shape index (κ2) is 10.5. The van der Waals surface area contributed by atoms with E-state index in [9.17, 15) is 4.79 Å². The van der Waals surface area contributed by atoms with Crippen LogP contribution in [-0.4, -0.2) is 47.4 Å². The van der Waals surface area contributed by atoms with Crippen LogP contribution in [0.5, 0.6) is 11.5 Å². The molecule has 1 amide bonds. The third-order valence-corrected chi connectivity index (χ3v) is 6.46. The Morgan fingerprint density at radius 1 is 0.857 bits per heavy atom. The van der Waals surface area contributed by atoms with Crippen molar-refractivity contribution in [2.75, 3.05) is 26.8 Å². The van der Waals surface area contributed by atoms with E-state index in [1.54, 1.807) is 7.11 Å². The molecule has 1 fully saturated rings. The number of nitrogens with zero attached hydrogens (tertiary/aromatic N) is 3. The zero-order valence-electron chi connectivity index (χ0n) is 19.8. The molecule has 35 heavy (non-hydrogen) atoms. The van der Waals surface area contributed by atoms with E-state index in [1.807, 2.05) is 53.4 Å². The number of ether oxygens (including phenoxy) is 2. The fourth-order valence-corrected chi connectivity index (χ4v) is 4.52. The van der Waals surface area contributed by atoms with E-state index in [4.69, 9.17) is 14.6 Å². The molecule has 0 bridgehead atoms. The fraction of sp³-hybridized carbons (Fsp3) is 0.241. The molecule has 6 nitrogen and oxygen atoms in total. The van der Waals surface area contributed by atoms with Crippen LogP contribution in [-0.2, 0) is 4.79 Å². The quantitative estimate of drug-likeness (QED) is 0.362. The van der Waals surface area contributed by atoms with Crippen LogP contribution < -0.4 is 9.47 Å². The SMILES string of the molecule is COc1ccc(OCC(=O)N2CCC(n3nc(-c4ccccc4)cc3-c3ccccc3)CC2)cc1. The molecule has 178 valence electrons. The maximum Gasteiger partial charge on any atom is 0.260 e. The van der Waals surface area contributed by atoms with Crippen LogP contribution in [0.3, 0.4) is 0 Å². The van der Waals surface area contributed by atoms with Gasteiger partial charge < -0.3 is 14.4 Å². The van der Waals surface area contributed by atoms with Gasteiger partial charge in [0.15, 0.2) is 6.61 Å². The second-order valence-electron chi connectivity index (χ2n) is 8.67. The van der Waals surface area contributed by atoms with Gasteiger partial charge in [0.25, 0.3) is 5.91 Å². The molecule has 1 saturated heterocycles. The number of likely N-dealkylation sites (tertiary alicyclic amines) is 1. The zero-order chi connectivity index (χ0) is 24.0. The highest BCUT2D eigenvalue weighted by Gasteiger charge is 2.27. The van der Waals surface area contributed by atoms with Crippen LogP contribution in [0.25, 0.3) is 22.5 Å². The van der Waals surface area contributed by atoms with E-state index in [1.165, 1.54) is 0 Å². The maximum absolute atomic E-state index is 12.8. The van der Waals surface area contributed by atoms with Crippen LogP contribution in [0.15, 0.2) is 91.0 Å². The van der Waals surface area contributed by atoms with Crippen LogP contribution in [0.4, 0.5) is 0 Å². The number of carbonyl (C=O) groups is 1. The zero-order valence-corrected chi connectivity index (χ0v) is 19.8. The molecule has 0 unspecified atom stereocenters. The van der Waals surface area contributed by atoms with Gasteiger partial charge in [-0.05, 0) is 48.7 Å². The lowest BCUT2D eigenvalue weighted by atomic mass is 10.0. The van der Waals surface area contributed by atoms with Gasteiger partial charge in [0.2, 0.25) is 0 Å². The summed E-state index contributed by atoms with van der Waals surface area (Å²) in [6, 6.07) is 30.3. The van der Waals surface area contributed by atoms with Gasteiger partial charge in [-0.25, -0.2) is 0 Å². The van der Waals surface area contributed by atoms with E-state index in [2.05, 4.69) is 47.1 Å². The number of piperidine rings is 1. The molecular formula is C29H29N3O3. The van der Waals surface area contributed by atoms with E-state index in [0.29, 0.717) is 18.8 Å². The highest BCUT2D eigenvalue weighted by Crippen LogP contribution is 2.32. The lowest BCUT2D eigenvalue weighted by Crippen LogP contribution is -2.41. The average Bonchev–Trinajstić information content (AvgIpc) is 3.39. The van der Waals surface area contributed by atoms with Gasteiger partial charge in [0, 0.05) is 18.7 Å². The normalized spacial score (nSPS) is 14.0. The summed E-state index contributed by atoms with van der Waals surface area (Å²) >= 11 is 0. The predicted molar refractivity (Wildman–Crippen MR) is 136 cm³/mol. The van der Waals surface area contributed by atoms with Gasteiger partial charge in [-0.15, -0.1) is 0 Å². The van der Waals surface area contributed by atoms with E-state index < -0.39 is 0 Å². The van der Waals surface area contributed by atoms with Crippen molar-refractivity contribution in [2.45, 2.75) is 18.9 Å². The Morgan fingerprint density at radius 2 is 1.46 bits per heavy atom. The molecule has 6 heteroatoms. The molecule has 1 aliphatic heterocycles. The van der Waals surface area contributed by atoms with Crippen molar-refractivity contribution < 1.29 is 14.3 Å². The third-order valence-electron chi connectivity index (χ3n) is 6.46. The van der Waals surface area contributed by atoms with Crippen molar-refractivity contribution in [3.8, 4) is 34.0 Å². The van der Waals surface area contributed by atoms with Crippen molar-refractivity contribution in [1.82, 2.24) is 14.7 Å². The Balaban J connectivity index is 1.27. The maximum atomic E-state index is 12.8. The molecule has 0 radical (unpaired) electrons. The number of amides is 1. The Morgan fingerprint density at radius 3 is 2.09 bits per heavy atom. The highest BCUT2D eigenvalue weighted by molar-refractivity contribution is 5.78. The molecule has 0 spiro atoms. The summed E-state index contributed by atoms with van der Waals surface area (Å²) in [7, 11) is 1.62.